The van der Waals surface area contributed by atoms with E-state index in [9.17, 15) is 4.79 Å². The Morgan fingerprint density at radius 3 is 2.37 bits per heavy atom. The molecule has 2 aromatic carbocycles. The van der Waals surface area contributed by atoms with Gasteiger partial charge < -0.3 is 14.2 Å². The van der Waals surface area contributed by atoms with Crippen LogP contribution in [0.25, 0.3) is 0 Å². The van der Waals surface area contributed by atoms with Crippen molar-refractivity contribution in [2.24, 2.45) is 16.9 Å². The lowest BCUT2D eigenvalue weighted by molar-refractivity contribution is -0.138. The van der Waals surface area contributed by atoms with Crippen LogP contribution in [0.1, 0.15) is 29.5 Å². The Hall–Kier alpha value is -3.16. The number of hydrogen-bond donors (Lipinski definition) is 0. The minimum absolute atomic E-state index is 0.0644. The highest BCUT2D eigenvalue weighted by atomic mass is 16.5. The Morgan fingerprint density at radius 1 is 0.914 bits per heavy atom. The fraction of sp³-hybridized carbons (Fsp3) is 0.429. The van der Waals surface area contributed by atoms with E-state index in [1.165, 1.54) is 5.56 Å². The molecule has 5 rings (SSSR count). The van der Waals surface area contributed by atoms with Crippen LogP contribution in [0.15, 0.2) is 59.7 Å². The SMILES string of the molecule is COc1ccc(C2=NN(Cc3cccc(CN4CCOCC4)c3)C(=O)[C@@H]3CC=CC[C@H]23)cc1OC. The van der Waals surface area contributed by atoms with E-state index in [-0.39, 0.29) is 17.7 Å². The molecule has 3 aliphatic rings. The molecule has 2 aromatic rings. The molecule has 7 nitrogen and oxygen atoms in total. The molecule has 0 N–H and O–H groups in total. The van der Waals surface area contributed by atoms with Gasteiger partial charge >= 0.3 is 0 Å². The molecule has 2 heterocycles. The maximum Gasteiger partial charge on any atom is 0.247 e. The van der Waals surface area contributed by atoms with E-state index in [1.54, 1.807) is 19.2 Å². The van der Waals surface area contributed by atoms with Gasteiger partial charge in [-0.1, -0.05) is 36.4 Å². The number of rotatable bonds is 7. The zero-order valence-electron chi connectivity index (χ0n) is 20.5. The van der Waals surface area contributed by atoms with Crippen LogP contribution in [0.4, 0.5) is 0 Å². The van der Waals surface area contributed by atoms with Crippen LogP contribution in [0.5, 0.6) is 11.5 Å². The van der Waals surface area contributed by atoms with E-state index in [0.29, 0.717) is 18.0 Å². The van der Waals surface area contributed by atoms with E-state index in [2.05, 4.69) is 41.3 Å². The van der Waals surface area contributed by atoms with Crippen LogP contribution >= 0.6 is 0 Å². The summed E-state index contributed by atoms with van der Waals surface area (Å²) in [7, 11) is 3.27. The van der Waals surface area contributed by atoms with E-state index >= 15 is 0 Å². The molecule has 2 atom stereocenters. The third-order valence-electron chi connectivity index (χ3n) is 7.10. The van der Waals surface area contributed by atoms with Crippen molar-refractivity contribution in [3.05, 3.63) is 71.3 Å². The van der Waals surface area contributed by atoms with Crippen molar-refractivity contribution >= 4 is 11.6 Å². The molecule has 0 aromatic heterocycles. The summed E-state index contributed by atoms with van der Waals surface area (Å²) in [6.07, 6.45) is 5.84. The van der Waals surface area contributed by atoms with Crippen LogP contribution in [-0.4, -0.2) is 62.1 Å². The van der Waals surface area contributed by atoms with Crippen LogP contribution in [0.2, 0.25) is 0 Å². The molecule has 1 saturated heterocycles. The third-order valence-corrected chi connectivity index (χ3v) is 7.10. The van der Waals surface area contributed by atoms with Crippen molar-refractivity contribution < 1.29 is 19.0 Å². The van der Waals surface area contributed by atoms with Gasteiger partial charge in [0.2, 0.25) is 5.91 Å². The number of allylic oxidation sites excluding steroid dienone is 2. The summed E-state index contributed by atoms with van der Waals surface area (Å²) < 4.78 is 16.4. The Kier molecular flexibility index (Phi) is 7.16. The molecular weight excluding hydrogens is 442 g/mol. The second kappa shape index (κ2) is 10.6. The fourth-order valence-corrected chi connectivity index (χ4v) is 5.23. The molecule has 2 aliphatic heterocycles. The predicted molar refractivity (Wildman–Crippen MR) is 135 cm³/mol. The molecular formula is C28H33N3O4. The smallest absolute Gasteiger partial charge is 0.247 e. The number of carbonyl (C=O) groups excluding carboxylic acids is 1. The van der Waals surface area contributed by atoms with Crippen molar-refractivity contribution in [2.75, 3.05) is 40.5 Å². The molecule has 1 fully saturated rings. The highest BCUT2D eigenvalue weighted by Gasteiger charge is 2.40. The van der Waals surface area contributed by atoms with Crippen LogP contribution in [-0.2, 0) is 22.6 Å². The van der Waals surface area contributed by atoms with Crippen LogP contribution in [0.3, 0.4) is 0 Å². The first-order valence-corrected chi connectivity index (χ1v) is 12.3. The van der Waals surface area contributed by atoms with Gasteiger partial charge in [-0.15, -0.1) is 0 Å². The van der Waals surface area contributed by atoms with Gasteiger partial charge in [-0.3, -0.25) is 9.69 Å². The number of ether oxygens (including phenoxy) is 3. The average Bonchev–Trinajstić information content (AvgIpc) is 2.91. The zero-order valence-corrected chi connectivity index (χ0v) is 20.5. The van der Waals surface area contributed by atoms with Crippen LogP contribution in [0, 0.1) is 11.8 Å². The number of carbonyl (C=O) groups is 1. The van der Waals surface area contributed by atoms with Crippen LogP contribution < -0.4 is 9.47 Å². The molecule has 1 amide bonds. The van der Waals surface area contributed by atoms with E-state index in [4.69, 9.17) is 19.3 Å². The topological polar surface area (TPSA) is 63.6 Å². The van der Waals surface area contributed by atoms with E-state index in [1.807, 2.05) is 18.2 Å². The van der Waals surface area contributed by atoms with Gasteiger partial charge in [-0.05, 0) is 42.2 Å². The number of hydrazone groups is 1. The number of morpholine rings is 1. The quantitative estimate of drug-likeness (QED) is 0.569. The highest BCUT2D eigenvalue weighted by molar-refractivity contribution is 6.07. The third kappa shape index (κ3) is 5.11. The number of fused-ring (bicyclic) bond motifs is 1. The minimum Gasteiger partial charge on any atom is -0.493 e. The number of nitrogens with zero attached hydrogens (tertiary/aromatic N) is 3. The van der Waals surface area contributed by atoms with E-state index < -0.39 is 0 Å². The summed E-state index contributed by atoms with van der Waals surface area (Å²) in [5.41, 5.74) is 4.23. The number of hydrogen-bond acceptors (Lipinski definition) is 6. The van der Waals surface area contributed by atoms with Gasteiger partial charge in [-0.25, -0.2) is 5.01 Å². The number of methoxy groups -OCH3 is 2. The average molecular weight is 476 g/mol. The van der Waals surface area contributed by atoms with E-state index in [0.717, 1.165) is 62.5 Å². The van der Waals surface area contributed by atoms with Crippen molar-refractivity contribution in [3.8, 4) is 11.5 Å². The van der Waals surface area contributed by atoms with Gasteiger partial charge in [0.1, 0.15) is 0 Å². The first-order chi connectivity index (χ1) is 17.2. The van der Waals surface area contributed by atoms with Gasteiger partial charge in [0, 0.05) is 31.1 Å². The Labute approximate surface area is 207 Å². The predicted octanol–water partition coefficient (Wildman–Crippen LogP) is 3.86. The molecule has 0 radical (unpaired) electrons. The maximum atomic E-state index is 13.5. The molecule has 0 saturated carbocycles. The molecule has 35 heavy (non-hydrogen) atoms. The Morgan fingerprint density at radius 2 is 1.63 bits per heavy atom. The molecule has 7 heteroatoms. The summed E-state index contributed by atoms with van der Waals surface area (Å²) >= 11 is 0. The molecule has 0 unspecified atom stereocenters. The molecule has 0 bridgehead atoms. The first-order valence-electron chi connectivity index (χ1n) is 12.3. The second-order valence-electron chi connectivity index (χ2n) is 9.32. The monoisotopic (exact) mass is 475 g/mol. The molecule has 184 valence electrons. The normalized spacial score (nSPS) is 22.5. The number of benzene rings is 2. The van der Waals surface area contributed by atoms with Gasteiger partial charge in [0.25, 0.3) is 0 Å². The van der Waals surface area contributed by atoms with Crippen molar-refractivity contribution in [2.45, 2.75) is 25.9 Å². The summed E-state index contributed by atoms with van der Waals surface area (Å²) in [5.74, 6) is 1.40. The van der Waals surface area contributed by atoms with Gasteiger partial charge in [-0.2, -0.15) is 5.10 Å². The number of amides is 1. The standard InChI is InChI=1S/C28H33N3O4/c1-33-25-11-10-22(17-26(25)34-2)27-23-8-3-4-9-24(23)28(32)31(29-27)19-21-7-5-6-20(16-21)18-30-12-14-35-15-13-30/h3-7,10-11,16-17,23-24H,8-9,12-15,18-19H2,1-2H3/t23-,24+/m0/s1. The highest BCUT2D eigenvalue weighted by Crippen LogP contribution is 2.37. The van der Waals surface area contributed by atoms with Crippen molar-refractivity contribution in [1.29, 1.82) is 0 Å². The van der Waals surface area contributed by atoms with Gasteiger partial charge in [0.05, 0.1) is 45.6 Å². The summed E-state index contributed by atoms with van der Waals surface area (Å²) in [4.78, 5) is 15.9. The lowest BCUT2D eigenvalue weighted by Gasteiger charge is -2.37. The second-order valence-corrected chi connectivity index (χ2v) is 9.32. The zero-order chi connectivity index (χ0) is 24.2. The lowest BCUT2D eigenvalue weighted by Crippen LogP contribution is -2.45. The minimum atomic E-state index is -0.0999. The molecule has 1 aliphatic carbocycles. The summed E-state index contributed by atoms with van der Waals surface area (Å²) in [6.45, 7) is 4.81. The van der Waals surface area contributed by atoms with Gasteiger partial charge in [0.15, 0.2) is 11.5 Å². The Bertz CT molecular complexity index is 1120. The summed E-state index contributed by atoms with van der Waals surface area (Å²) in [5, 5.41) is 6.60. The Balaban J connectivity index is 1.42. The first kappa shape index (κ1) is 23.6. The molecule has 0 spiro atoms. The largest absolute Gasteiger partial charge is 0.493 e. The maximum absolute atomic E-state index is 13.5. The van der Waals surface area contributed by atoms with Crippen molar-refractivity contribution in [1.82, 2.24) is 9.91 Å². The van der Waals surface area contributed by atoms with Crippen molar-refractivity contribution in [3.63, 3.8) is 0 Å². The lowest BCUT2D eigenvalue weighted by atomic mass is 9.76. The summed E-state index contributed by atoms with van der Waals surface area (Å²) in [6, 6.07) is 14.4. The fourth-order valence-electron chi connectivity index (χ4n) is 5.23.